The predicted molar refractivity (Wildman–Crippen MR) is 68.7 cm³/mol. The molecule has 0 amide bonds. The molecule has 16 heavy (non-hydrogen) atoms. The molecule has 1 heterocycles. The van der Waals surface area contributed by atoms with Crippen LogP contribution in [0.3, 0.4) is 0 Å². The van der Waals surface area contributed by atoms with E-state index in [1.807, 2.05) is 30.5 Å². The van der Waals surface area contributed by atoms with Gasteiger partial charge in [0.15, 0.2) is 6.29 Å². The molecular formula is C12H9BrO2S. The molecule has 2 aromatic rings. The van der Waals surface area contributed by atoms with Crippen LogP contribution < -0.4 is 4.74 Å². The zero-order valence-corrected chi connectivity index (χ0v) is 11.0. The smallest absolute Gasteiger partial charge is 0.160 e. The Balaban J connectivity index is 2.26. The summed E-state index contributed by atoms with van der Waals surface area (Å²) in [6.07, 6.45) is 0.825. The summed E-state index contributed by atoms with van der Waals surface area (Å²) < 4.78 is 6.67. The third-order valence-electron chi connectivity index (χ3n) is 2.09. The van der Waals surface area contributed by atoms with Crippen molar-refractivity contribution in [1.29, 1.82) is 0 Å². The van der Waals surface area contributed by atoms with Gasteiger partial charge >= 0.3 is 0 Å². The van der Waals surface area contributed by atoms with E-state index in [0.29, 0.717) is 10.6 Å². The van der Waals surface area contributed by atoms with Crippen LogP contribution in [0.15, 0.2) is 34.1 Å². The van der Waals surface area contributed by atoms with Crippen molar-refractivity contribution < 1.29 is 9.53 Å². The van der Waals surface area contributed by atoms with Crippen LogP contribution in [0.2, 0.25) is 0 Å². The standard InChI is InChI=1S/C12H9BrO2S/c1-8-2-3-9(13)4-12(8)15-10-5-11(6-14)16-7-10/h2-7H,1H3. The Hall–Kier alpha value is -1.13. The number of halogens is 1. The number of hydrogen-bond acceptors (Lipinski definition) is 3. The minimum atomic E-state index is 0.669. The van der Waals surface area contributed by atoms with Crippen molar-refractivity contribution in [3.63, 3.8) is 0 Å². The molecule has 0 saturated heterocycles. The first-order valence-electron chi connectivity index (χ1n) is 4.67. The quantitative estimate of drug-likeness (QED) is 0.784. The summed E-state index contributed by atoms with van der Waals surface area (Å²) in [5, 5.41) is 1.82. The van der Waals surface area contributed by atoms with Crippen LogP contribution in [-0.4, -0.2) is 6.29 Å². The number of ether oxygens (including phenoxy) is 1. The third-order valence-corrected chi connectivity index (χ3v) is 3.42. The zero-order valence-electron chi connectivity index (χ0n) is 8.57. The lowest BCUT2D eigenvalue weighted by Gasteiger charge is -2.06. The van der Waals surface area contributed by atoms with Crippen molar-refractivity contribution in [2.45, 2.75) is 6.92 Å². The highest BCUT2D eigenvalue weighted by atomic mass is 79.9. The van der Waals surface area contributed by atoms with Crippen LogP contribution in [-0.2, 0) is 0 Å². The second kappa shape index (κ2) is 4.80. The van der Waals surface area contributed by atoms with Gasteiger partial charge in [-0.05, 0) is 24.6 Å². The maximum Gasteiger partial charge on any atom is 0.160 e. The molecule has 0 unspecified atom stereocenters. The number of carbonyl (C=O) groups is 1. The van der Waals surface area contributed by atoms with E-state index in [4.69, 9.17) is 4.74 Å². The van der Waals surface area contributed by atoms with Gasteiger partial charge in [-0.25, -0.2) is 0 Å². The van der Waals surface area contributed by atoms with E-state index in [1.54, 1.807) is 6.07 Å². The number of aldehydes is 1. The maximum atomic E-state index is 10.5. The molecule has 2 nitrogen and oxygen atoms in total. The van der Waals surface area contributed by atoms with E-state index in [9.17, 15) is 4.79 Å². The molecule has 0 atom stereocenters. The molecule has 2 rings (SSSR count). The predicted octanol–water partition coefficient (Wildman–Crippen LogP) is 4.42. The maximum absolute atomic E-state index is 10.5. The summed E-state index contributed by atoms with van der Waals surface area (Å²) in [6, 6.07) is 7.59. The number of thiophene rings is 1. The first kappa shape index (κ1) is 11.4. The molecule has 1 aromatic heterocycles. The lowest BCUT2D eigenvalue weighted by Crippen LogP contribution is -1.85. The van der Waals surface area contributed by atoms with Crippen LogP contribution >= 0.6 is 27.3 Å². The minimum Gasteiger partial charge on any atom is -0.456 e. The first-order chi connectivity index (χ1) is 7.69. The van der Waals surface area contributed by atoms with Crippen LogP contribution in [0.25, 0.3) is 0 Å². The van der Waals surface area contributed by atoms with Gasteiger partial charge in [0, 0.05) is 15.9 Å². The van der Waals surface area contributed by atoms with Crippen molar-refractivity contribution in [3.8, 4) is 11.5 Å². The number of rotatable bonds is 3. The number of carbonyl (C=O) groups excluding carboxylic acids is 1. The Morgan fingerprint density at radius 2 is 2.19 bits per heavy atom. The third kappa shape index (κ3) is 2.51. The molecule has 0 fully saturated rings. The van der Waals surface area contributed by atoms with E-state index in [0.717, 1.165) is 22.1 Å². The fourth-order valence-electron chi connectivity index (χ4n) is 1.26. The highest BCUT2D eigenvalue weighted by Gasteiger charge is 2.04. The molecule has 0 spiro atoms. The Labute approximate surface area is 106 Å². The van der Waals surface area contributed by atoms with Crippen LogP contribution in [0.4, 0.5) is 0 Å². The summed E-state index contributed by atoms with van der Waals surface area (Å²) >= 11 is 4.77. The van der Waals surface area contributed by atoms with Crippen LogP contribution in [0.1, 0.15) is 15.2 Å². The lowest BCUT2D eigenvalue weighted by atomic mass is 10.2. The number of hydrogen-bond donors (Lipinski definition) is 0. The molecule has 0 saturated carbocycles. The fraction of sp³-hybridized carbons (Fsp3) is 0.0833. The lowest BCUT2D eigenvalue weighted by molar-refractivity contribution is 0.112. The van der Waals surface area contributed by atoms with Gasteiger partial charge in [-0.2, -0.15) is 0 Å². The molecule has 82 valence electrons. The molecule has 0 aliphatic heterocycles. The molecule has 0 aliphatic carbocycles. The van der Waals surface area contributed by atoms with Crippen molar-refractivity contribution >= 4 is 33.6 Å². The van der Waals surface area contributed by atoms with Gasteiger partial charge in [0.25, 0.3) is 0 Å². The van der Waals surface area contributed by atoms with E-state index in [-0.39, 0.29) is 0 Å². The molecule has 0 bridgehead atoms. The average molecular weight is 297 g/mol. The van der Waals surface area contributed by atoms with E-state index < -0.39 is 0 Å². The number of aryl methyl sites for hydroxylation is 1. The van der Waals surface area contributed by atoms with Gasteiger partial charge < -0.3 is 4.74 Å². The number of benzene rings is 1. The molecule has 0 N–H and O–H groups in total. The van der Waals surface area contributed by atoms with Gasteiger partial charge in [-0.3, -0.25) is 4.79 Å². The molecular weight excluding hydrogens is 288 g/mol. The summed E-state index contributed by atoms with van der Waals surface area (Å²) in [4.78, 5) is 11.2. The highest BCUT2D eigenvalue weighted by Crippen LogP contribution is 2.30. The van der Waals surface area contributed by atoms with Crippen LogP contribution in [0, 0.1) is 6.92 Å². The largest absolute Gasteiger partial charge is 0.456 e. The second-order valence-corrected chi connectivity index (χ2v) is 5.17. The van der Waals surface area contributed by atoms with Gasteiger partial charge in [-0.15, -0.1) is 11.3 Å². The monoisotopic (exact) mass is 296 g/mol. The van der Waals surface area contributed by atoms with Gasteiger partial charge in [0.1, 0.15) is 11.5 Å². The molecule has 1 aromatic carbocycles. The molecule has 0 aliphatic rings. The SMILES string of the molecule is Cc1ccc(Br)cc1Oc1csc(C=O)c1. The highest BCUT2D eigenvalue weighted by molar-refractivity contribution is 9.10. The second-order valence-electron chi connectivity index (χ2n) is 3.31. The Bertz CT molecular complexity index is 519. The zero-order chi connectivity index (χ0) is 11.5. The summed E-state index contributed by atoms with van der Waals surface area (Å²) in [7, 11) is 0. The van der Waals surface area contributed by atoms with E-state index in [2.05, 4.69) is 15.9 Å². The van der Waals surface area contributed by atoms with E-state index >= 15 is 0 Å². The normalized spacial score (nSPS) is 10.1. The van der Waals surface area contributed by atoms with Gasteiger partial charge in [0.05, 0.1) is 4.88 Å². The Morgan fingerprint density at radius 1 is 1.38 bits per heavy atom. The summed E-state index contributed by atoms with van der Waals surface area (Å²) in [5.74, 6) is 1.50. The van der Waals surface area contributed by atoms with E-state index in [1.165, 1.54) is 11.3 Å². The molecule has 0 radical (unpaired) electrons. The van der Waals surface area contributed by atoms with Gasteiger partial charge in [0.2, 0.25) is 0 Å². The molecule has 4 heteroatoms. The topological polar surface area (TPSA) is 26.3 Å². The van der Waals surface area contributed by atoms with Crippen molar-refractivity contribution in [1.82, 2.24) is 0 Å². The van der Waals surface area contributed by atoms with Gasteiger partial charge in [-0.1, -0.05) is 22.0 Å². The summed E-state index contributed by atoms with van der Waals surface area (Å²) in [6.45, 7) is 1.98. The first-order valence-corrected chi connectivity index (χ1v) is 6.34. The average Bonchev–Trinajstić information content (AvgIpc) is 2.71. The van der Waals surface area contributed by atoms with Crippen molar-refractivity contribution in [3.05, 3.63) is 44.6 Å². The fourth-order valence-corrected chi connectivity index (χ4v) is 2.21. The summed E-state index contributed by atoms with van der Waals surface area (Å²) in [5.41, 5.74) is 1.06. The Morgan fingerprint density at radius 3 is 2.88 bits per heavy atom. The van der Waals surface area contributed by atoms with Crippen molar-refractivity contribution in [2.24, 2.45) is 0 Å². The Kier molecular flexibility index (Phi) is 3.41. The minimum absolute atomic E-state index is 0.669. The van der Waals surface area contributed by atoms with Crippen LogP contribution in [0.5, 0.6) is 11.5 Å². The van der Waals surface area contributed by atoms with Crippen molar-refractivity contribution in [2.75, 3.05) is 0 Å².